The molecule has 162 valence electrons. The second-order valence-electron chi connectivity index (χ2n) is 9.13. The summed E-state index contributed by atoms with van der Waals surface area (Å²) in [7, 11) is 1.97. The molecule has 0 radical (unpaired) electrons. The van der Waals surface area contributed by atoms with Crippen LogP contribution in [0.15, 0.2) is 29.3 Å². The van der Waals surface area contributed by atoms with Gasteiger partial charge < -0.3 is 9.84 Å². The van der Waals surface area contributed by atoms with Crippen LogP contribution in [-0.4, -0.2) is 32.6 Å². The molecule has 0 spiro atoms. The Kier molecular flexibility index (Phi) is 6.94. The van der Waals surface area contributed by atoms with E-state index in [1.54, 1.807) is 26.0 Å². The maximum atomic E-state index is 13.1. The molecule has 0 aliphatic carbocycles. The van der Waals surface area contributed by atoms with Crippen LogP contribution < -0.4 is 10.2 Å². The van der Waals surface area contributed by atoms with Gasteiger partial charge in [-0.2, -0.15) is 10.3 Å². The van der Waals surface area contributed by atoms with Crippen LogP contribution in [0.2, 0.25) is 0 Å². The number of aliphatic hydroxyl groups is 1. The van der Waals surface area contributed by atoms with Gasteiger partial charge in [0.25, 0.3) is 5.91 Å². The third-order valence-corrected chi connectivity index (χ3v) is 4.58. The summed E-state index contributed by atoms with van der Waals surface area (Å²) in [4.78, 5) is 17.5. The third-order valence-electron chi connectivity index (χ3n) is 4.58. The van der Waals surface area contributed by atoms with E-state index in [0.717, 1.165) is 18.7 Å². The van der Waals surface area contributed by atoms with E-state index < -0.39 is 11.5 Å². The lowest BCUT2D eigenvalue weighted by molar-refractivity contribution is 0.0281. The molecule has 0 unspecified atom stereocenters. The second-order valence-corrected chi connectivity index (χ2v) is 9.13. The topological polar surface area (TPSA) is 92.5 Å². The Hall–Kier alpha value is -2.85. The fourth-order valence-corrected chi connectivity index (χ4v) is 3.15. The molecule has 1 aromatic heterocycles. The standard InChI is InChI=1S/C23H32N4O3/c1-8-11-27-20(13-19(26(27)7)22(2,3)4)25-21(28)17-12-16(14-24)9-10-18(17)30-15-23(5,6)29/h9-10,12-13,29H,8,11,15H2,1-7H3/b25-20+. The lowest BCUT2D eigenvalue weighted by atomic mass is 9.92. The summed E-state index contributed by atoms with van der Waals surface area (Å²) < 4.78 is 9.68. The molecule has 0 bridgehead atoms. The van der Waals surface area contributed by atoms with E-state index in [9.17, 15) is 15.2 Å². The number of hydrogen-bond donors (Lipinski definition) is 1. The first-order valence-corrected chi connectivity index (χ1v) is 10.1. The van der Waals surface area contributed by atoms with Gasteiger partial charge in [-0.3, -0.25) is 14.2 Å². The van der Waals surface area contributed by atoms with E-state index in [1.165, 1.54) is 6.07 Å². The van der Waals surface area contributed by atoms with E-state index in [4.69, 9.17) is 4.74 Å². The molecule has 7 nitrogen and oxygen atoms in total. The number of carbonyl (C=O) groups is 1. The zero-order valence-corrected chi connectivity index (χ0v) is 19.0. The molecule has 0 aliphatic rings. The smallest absolute Gasteiger partial charge is 0.282 e. The fourth-order valence-electron chi connectivity index (χ4n) is 3.15. The highest BCUT2D eigenvalue weighted by Gasteiger charge is 2.22. The molecule has 1 heterocycles. The van der Waals surface area contributed by atoms with Crippen molar-refractivity contribution in [2.24, 2.45) is 12.0 Å². The zero-order valence-electron chi connectivity index (χ0n) is 19.0. The first-order valence-electron chi connectivity index (χ1n) is 10.1. The number of aromatic nitrogens is 2. The van der Waals surface area contributed by atoms with Gasteiger partial charge in [0.2, 0.25) is 0 Å². The van der Waals surface area contributed by atoms with E-state index in [-0.39, 0.29) is 17.6 Å². The van der Waals surface area contributed by atoms with E-state index in [2.05, 4.69) is 32.7 Å². The zero-order chi connectivity index (χ0) is 22.7. The van der Waals surface area contributed by atoms with Gasteiger partial charge in [-0.05, 0) is 38.5 Å². The average Bonchev–Trinajstić information content (AvgIpc) is 2.95. The molecule has 2 rings (SSSR count). The minimum atomic E-state index is -1.06. The summed E-state index contributed by atoms with van der Waals surface area (Å²) in [5.41, 5.74) is 0.993. The fraction of sp³-hybridized carbons (Fsp3) is 0.522. The Bertz CT molecular complexity index is 1020. The van der Waals surface area contributed by atoms with Crippen molar-refractivity contribution < 1.29 is 14.6 Å². The van der Waals surface area contributed by atoms with Crippen LogP contribution in [0.5, 0.6) is 5.75 Å². The summed E-state index contributed by atoms with van der Waals surface area (Å²) in [5, 5.41) is 19.2. The lowest BCUT2D eigenvalue weighted by Gasteiger charge is -2.20. The molecule has 7 heteroatoms. The average molecular weight is 413 g/mol. The van der Waals surface area contributed by atoms with Gasteiger partial charge in [0.05, 0.1) is 22.8 Å². The number of nitrogens with zero attached hydrogens (tertiary/aromatic N) is 4. The van der Waals surface area contributed by atoms with Crippen LogP contribution >= 0.6 is 0 Å². The number of carbonyl (C=O) groups excluding carboxylic acids is 1. The van der Waals surface area contributed by atoms with Crippen molar-refractivity contribution in [3.05, 3.63) is 46.6 Å². The predicted octanol–water partition coefficient (Wildman–Crippen LogP) is 3.30. The summed E-state index contributed by atoms with van der Waals surface area (Å²) >= 11 is 0. The monoisotopic (exact) mass is 412 g/mol. The Balaban J connectivity index is 2.58. The molecule has 0 saturated carbocycles. The number of benzene rings is 1. The lowest BCUT2D eigenvalue weighted by Crippen LogP contribution is -2.28. The minimum absolute atomic E-state index is 0.00846. The first kappa shape index (κ1) is 23.4. The van der Waals surface area contributed by atoms with Crippen molar-refractivity contribution in [1.29, 1.82) is 5.26 Å². The van der Waals surface area contributed by atoms with Gasteiger partial charge in [-0.15, -0.1) is 0 Å². The molecule has 30 heavy (non-hydrogen) atoms. The van der Waals surface area contributed by atoms with Crippen molar-refractivity contribution in [3.8, 4) is 11.8 Å². The molecule has 0 aliphatic heterocycles. The van der Waals surface area contributed by atoms with Gasteiger partial charge in [0.1, 0.15) is 12.4 Å². The maximum Gasteiger partial charge on any atom is 0.282 e. The first-order chi connectivity index (χ1) is 13.9. The van der Waals surface area contributed by atoms with Crippen LogP contribution in [0, 0.1) is 11.3 Å². The number of nitriles is 1. The highest BCUT2D eigenvalue weighted by molar-refractivity contribution is 5.98. The Labute approximate surface area is 178 Å². The van der Waals surface area contributed by atoms with Crippen molar-refractivity contribution in [1.82, 2.24) is 9.36 Å². The Morgan fingerprint density at radius 1 is 1.23 bits per heavy atom. The molecular weight excluding hydrogens is 380 g/mol. The van der Waals surface area contributed by atoms with Gasteiger partial charge in [-0.25, -0.2) is 0 Å². The van der Waals surface area contributed by atoms with Crippen LogP contribution in [0.25, 0.3) is 0 Å². The largest absolute Gasteiger partial charge is 0.490 e. The van der Waals surface area contributed by atoms with E-state index in [0.29, 0.717) is 16.8 Å². The Morgan fingerprint density at radius 2 is 1.90 bits per heavy atom. The van der Waals surface area contributed by atoms with Crippen molar-refractivity contribution >= 4 is 5.91 Å². The number of hydrogen-bond acceptors (Lipinski definition) is 4. The van der Waals surface area contributed by atoms with Crippen LogP contribution in [0.1, 0.15) is 69.6 Å². The normalized spacial score (nSPS) is 12.7. The van der Waals surface area contributed by atoms with E-state index >= 15 is 0 Å². The molecule has 1 N–H and O–H groups in total. The maximum absolute atomic E-state index is 13.1. The van der Waals surface area contributed by atoms with Gasteiger partial charge >= 0.3 is 0 Å². The third kappa shape index (κ3) is 5.61. The molecule has 0 atom stereocenters. The van der Waals surface area contributed by atoms with Crippen molar-refractivity contribution in [3.63, 3.8) is 0 Å². The summed E-state index contributed by atoms with van der Waals surface area (Å²) in [6.07, 6.45) is 0.896. The van der Waals surface area contributed by atoms with E-state index in [1.807, 2.05) is 28.5 Å². The molecular formula is C23H32N4O3. The molecule has 2 aromatic rings. The molecule has 1 aromatic carbocycles. The molecule has 1 amide bonds. The van der Waals surface area contributed by atoms with Gasteiger partial charge in [0.15, 0.2) is 5.49 Å². The van der Waals surface area contributed by atoms with Crippen LogP contribution in [0.3, 0.4) is 0 Å². The SMILES string of the molecule is CCCn1/c(=N/C(=O)c2cc(C#N)ccc2OCC(C)(C)O)cc(C(C)(C)C)n1C. The van der Waals surface area contributed by atoms with Crippen molar-refractivity contribution in [2.75, 3.05) is 6.61 Å². The Morgan fingerprint density at radius 3 is 2.43 bits per heavy atom. The van der Waals surface area contributed by atoms with Gasteiger partial charge in [0, 0.05) is 30.8 Å². The molecule has 0 saturated heterocycles. The number of rotatable bonds is 6. The predicted molar refractivity (Wildman–Crippen MR) is 115 cm³/mol. The number of ether oxygens (including phenoxy) is 1. The summed E-state index contributed by atoms with van der Waals surface area (Å²) in [5.74, 6) is -0.201. The molecule has 0 fully saturated rings. The number of amides is 1. The minimum Gasteiger partial charge on any atom is -0.490 e. The quantitative estimate of drug-likeness (QED) is 0.788. The highest BCUT2D eigenvalue weighted by Crippen LogP contribution is 2.23. The van der Waals surface area contributed by atoms with Crippen molar-refractivity contribution in [2.45, 2.75) is 65.5 Å². The second kappa shape index (κ2) is 8.88. The highest BCUT2D eigenvalue weighted by atomic mass is 16.5. The summed E-state index contributed by atoms with van der Waals surface area (Å²) in [6, 6.07) is 8.59. The van der Waals surface area contributed by atoms with Crippen LogP contribution in [0.4, 0.5) is 0 Å². The summed E-state index contributed by atoms with van der Waals surface area (Å²) in [6.45, 7) is 12.4. The van der Waals surface area contributed by atoms with Crippen LogP contribution in [-0.2, 0) is 19.0 Å². The van der Waals surface area contributed by atoms with Gasteiger partial charge in [-0.1, -0.05) is 27.7 Å².